The Morgan fingerprint density at radius 2 is 1.74 bits per heavy atom. The van der Waals surface area contributed by atoms with Gasteiger partial charge in [-0.2, -0.15) is 0 Å². The van der Waals surface area contributed by atoms with Crippen LogP contribution in [0, 0.1) is 11.7 Å². The zero-order valence-electron chi connectivity index (χ0n) is 13.9. The minimum absolute atomic E-state index is 0.0155. The maximum absolute atomic E-state index is 13.6. The average Bonchev–Trinajstić information content (AvgIpc) is 2.79. The van der Waals surface area contributed by atoms with E-state index < -0.39 is 0 Å². The van der Waals surface area contributed by atoms with Crippen molar-refractivity contribution >= 4 is 11.8 Å². The summed E-state index contributed by atoms with van der Waals surface area (Å²) in [4.78, 5) is 28.0. The lowest BCUT2D eigenvalue weighted by Crippen LogP contribution is -2.39. The Labute approximate surface area is 137 Å². The van der Waals surface area contributed by atoms with Gasteiger partial charge < -0.3 is 9.80 Å². The molecular weight excluding hydrogens is 295 g/mol. The highest BCUT2D eigenvalue weighted by atomic mass is 19.1. The predicted octanol–water partition coefficient (Wildman–Crippen LogP) is 2.48. The lowest BCUT2D eigenvalue weighted by Gasteiger charge is -2.23. The summed E-state index contributed by atoms with van der Waals surface area (Å²) in [6, 6.07) is 6.56. The molecule has 0 saturated carbocycles. The molecule has 0 radical (unpaired) electrons. The van der Waals surface area contributed by atoms with E-state index in [0.29, 0.717) is 44.6 Å². The van der Waals surface area contributed by atoms with Gasteiger partial charge in [0, 0.05) is 38.5 Å². The number of rotatable bonds is 4. The molecule has 1 aliphatic heterocycles. The number of carbonyl (C=O) groups excluding carboxylic acids is 2. The van der Waals surface area contributed by atoms with Crippen LogP contribution in [0.3, 0.4) is 0 Å². The van der Waals surface area contributed by atoms with Crippen molar-refractivity contribution in [3.63, 3.8) is 0 Å². The second-order valence-electron chi connectivity index (χ2n) is 6.31. The maximum atomic E-state index is 13.6. The van der Waals surface area contributed by atoms with Gasteiger partial charge in [-0.1, -0.05) is 32.0 Å². The Morgan fingerprint density at radius 1 is 1.09 bits per heavy atom. The zero-order valence-corrected chi connectivity index (χ0v) is 13.9. The summed E-state index contributed by atoms with van der Waals surface area (Å²) >= 11 is 0. The number of hydrogen-bond donors (Lipinski definition) is 0. The van der Waals surface area contributed by atoms with E-state index in [1.807, 2.05) is 18.7 Å². The van der Waals surface area contributed by atoms with Gasteiger partial charge in [0.15, 0.2) is 0 Å². The molecule has 0 atom stereocenters. The lowest BCUT2D eigenvalue weighted by atomic mass is 10.1. The van der Waals surface area contributed by atoms with E-state index >= 15 is 0 Å². The number of benzene rings is 1. The first-order valence-electron chi connectivity index (χ1n) is 8.29. The molecular formula is C18H25FN2O2. The summed E-state index contributed by atoms with van der Waals surface area (Å²) < 4.78 is 13.6. The molecule has 1 aromatic rings. The normalized spacial score (nSPS) is 15.7. The van der Waals surface area contributed by atoms with Crippen molar-refractivity contribution in [2.45, 2.75) is 33.1 Å². The quantitative estimate of drug-likeness (QED) is 0.855. The van der Waals surface area contributed by atoms with Gasteiger partial charge in [-0.05, 0) is 24.5 Å². The largest absolute Gasteiger partial charge is 0.341 e. The summed E-state index contributed by atoms with van der Waals surface area (Å²) in [6.07, 6.45) is 1.51. The van der Waals surface area contributed by atoms with Crippen LogP contribution in [-0.4, -0.2) is 47.8 Å². The van der Waals surface area contributed by atoms with Crippen LogP contribution in [0.5, 0.6) is 0 Å². The molecule has 0 N–H and O–H groups in total. The summed E-state index contributed by atoms with van der Waals surface area (Å²) in [5.41, 5.74) is 0.576. The topological polar surface area (TPSA) is 40.6 Å². The molecule has 0 aromatic heterocycles. The number of aryl methyl sites for hydroxylation is 1. The van der Waals surface area contributed by atoms with Crippen LogP contribution in [-0.2, 0) is 16.0 Å². The predicted molar refractivity (Wildman–Crippen MR) is 87.3 cm³/mol. The highest BCUT2D eigenvalue weighted by molar-refractivity contribution is 5.79. The molecule has 0 spiro atoms. The molecule has 0 bridgehead atoms. The van der Waals surface area contributed by atoms with E-state index in [4.69, 9.17) is 0 Å². The molecule has 2 rings (SSSR count). The van der Waals surface area contributed by atoms with Crippen LogP contribution in [0.15, 0.2) is 24.3 Å². The van der Waals surface area contributed by atoms with E-state index in [-0.39, 0.29) is 23.5 Å². The number of halogens is 1. The van der Waals surface area contributed by atoms with Crippen LogP contribution in [0.1, 0.15) is 32.3 Å². The molecule has 1 heterocycles. The van der Waals surface area contributed by atoms with E-state index in [0.717, 1.165) is 6.42 Å². The van der Waals surface area contributed by atoms with Crippen LogP contribution in [0.25, 0.3) is 0 Å². The van der Waals surface area contributed by atoms with Crippen molar-refractivity contribution in [1.29, 1.82) is 0 Å². The van der Waals surface area contributed by atoms with E-state index in [2.05, 4.69) is 0 Å². The van der Waals surface area contributed by atoms with E-state index in [9.17, 15) is 14.0 Å². The maximum Gasteiger partial charge on any atom is 0.225 e. The fourth-order valence-corrected chi connectivity index (χ4v) is 2.85. The minimum Gasteiger partial charge on any atom is -0.341 e. The van der Waals surface area contributed by atoms with Crippen molar-refractivity contribution in [3.8, 4) is 0 Å². The van der Waals surface area contributed by atoms with Crippen LogP contribution in [0.2, 0.25) is 0 Å². The molecule has 2 amide bonds. The first kappa shape index (κ1) is 17.4. The second-order valence-corrected chi connectivity index (χ2v) is 6.31. The fourth-order valence-electron chi connectivity index (χ4n) is 2.85. The molecule has 0 aliphatic carbocycles. The Morgan fingerprint density at radius 3 is 2.43 bits per heavy atom. The molecule has 23 heavy (non-hydrogen) atoms. The SMILES string of the molecule is CC(C)C(=O)N1CCCN(C(=O)CCc2ccccc2F)CC1. The van der Waals surface area contributed by atoms with Gasteiger partial charge in [-0.25, -0.2) is 4.39 Å². The molecule has 1 aliphatic rings. The smallest absolute Gasteiger partial charge is 0.225 e. The van der Waals surface area contributed by atoms with Crippen molar-refractivity contribution in [1.82, 2.24) is 9.80 Å². The zero-order chi connectivity index (χ0) is 16.8. The minimum atomic E-state index is -0.259. The van der Waals surface area contributed by atoms with Crippen LogP contribution in [0.4, 0.5) is 4.39 Å². The van der Waals surface area contributed by atoms with Crippen molar-refractivity contribution in [2.75, 3.05) is 26.2 Å². The highest BCUT2D eigenvalue weighted by Gasteiger charge is 2.23. The van der Waals surface area contributed by atoms with Crippen molar-refractivity contribution in [2.24, 2.45) is 5.92 Å². The van der Waals surface area contributed by atoms with E-state index in [1.54, 1.807) is 23.1 Å². The highest BCUT2D eigenvalue weighted by Crippen LogP contribution is 2.12. The third kappa shape index (κ3) is 4.78. The number of carbonyl (C=O) groups is 2. The van der Waals surface area contributed by atoms with Crippen LogP contribution >= 0.6 is 0 Å². The first-order valence-corrected chi connectivity index (χ1v) is 8.29. The van der Waals surface area contributed by atoms with Gasteiger partial charge in [0.1, 0.15) is 5.82 Å². The van der Waals surface area contributed by atoms with Gasteiger partial charge in [0.2, 0.25) is 11.8 Å². The molecule has 1 fully saturated rings. The Balaban J connectivity index is 1.86. The molecule has 126 valence electrons. The van der Waals surface area contributed by atoms with Gasteiger partial charge in [-0.3, -0.25) is 9.59 Å². The molecule has 0 unspecified atom stereocenters. The van der Waals surface area contributed by atoms with Gasteiger partial charge in [-0.15, -0.1) is 0 Å². The third-order valence-electron chi connectivity index (χ3n) is 4.22. The Kier molecular flexibility index (Phi) is 6.13. The van der Waals surface area contributed by atoms with Crippen molar-refractivity contribution < 1.29 is 14.0 Å². The number of nitrogens with zero attached hydrogens (tertiary/aromatic N) is 2. The summed E-state index contributed by atoms with van der Waals surface area (Å²) in [6.45, 7) is 6.30. The second kappa shape index (κ2) is 8.09. The van der Waals surface area contributed by atoms with Crippen LogP contribution < -0.4 is 0 Å². The van der Waals surface area contributed by atoms with Gasteiger partial charge in [0.25, 0.3) is 0 Å². The average molecular weight is 320 g/mol. The van der Waals surface area contributed by atoms with Crippen molar-refractivity contribution in [3.05, 3.63) is 35.6 Å². The Bertz CT molecular complexity index is 560. The number of amides is 2. The molecule has 1 aromatic carbocycles. The molecule has 1 saturated heterocycles. The first-order chi connectivity index (χ1) is 11.0. The lowest BCUT2D eigenvalue weighted by molar-refractivity contribution is -0.135. The monoisotopic (exact) mass is 320 g/mol. The number of hydrogen-bond acceptors (Lipinski definition) is 2. The van der Waals surface area contributed by atoms with E-state index in [1.165, 1.54) is 6.07 Å². The summed E-state index contributed by atoms with van der Waals surface area (Å²) in [5.74, 6) is -0.0964. The standard InChI is InChI=1S/C18H25FN2O2/c1-14(2)18(23)21-11-5-10-20(12-13-21)17(22)9-8-15-6-3-4-7-16(15)19/h3-4,6-7,14H,5,8-13H2,1-2H3. The Hall–Kier alpha value is -1.91. The van der Waals surface area contributed by atoms with Gasteiger partial charge >= 0.3 is 0 Å². The summed E-state index contributed by atoms with van der Waals surface area (Å²) in [7, 11) is 0. The molecule has 5 heteroatoms. The fraction of sp³-hybridized carbons (Fsp3) is 0.556. The van der Waals surface area contributed by atoms with Gasteiger partial charge in [0.05, 0.1) is 0 Å². The molecule has 4 nitrogen and oxygen atoms in total. The third-order valence-corrected chi connectivity index (χ3v) is 4.22. The summed E-state index contributed by atoms with van der Waals surface area (Å²) in [5, 5.41) is 0.